The number of amides is 2. The van der Waals surface area contributed by atoms with Gasteiger partial charge in [0.2, 0.25) is 10.0 Å². The Morgan fingerprint density at radius 1 is 1.21 bits per heavy atom. The summed E-state index contributed by atoms with van der Waals surface area (Å²) in [4.78, 5) is 22.5. The van der Waals surface area contributed by atoms with E-state index >= 15 is 0 Å². The maximum absolute atomic E-state index is 13.7. The van der Waals surface area contributed by atoms with Gasteiger partial charge in [0.25, 0.3) is 0 Å². The molecule has 2 aromatic rings. The molecule has 2 aliphatic rings. The summed E-state index contributed by atoms with van der Waals surface area (Å²) in [5, 5.41) is 13.0. The molecule has 10 nitrogen and oxygen atoms in total. The van der Waals surface area contributed by atoms with E-state index in [1.165, 1.54) is 23.1 Å². The summed E-state index contributed by atoms with van der Waals surface area (Å²) in [6, 6.07) is 4.10. The lowest BCUT2D eigenvalue weighted by Gasteiger charge is -2.37. The first kappa shape index (κ1) is 28.8. The molecule has 4 rings (SSSR count). The predicted octanol–water partition coefficient (Wildman–Crippen LogP) is 2.62. The second-order valence-electron chi connectivity index (χ2n) is 10.4. The van der Waals surface area contributed by atoms with Gasteiger partial charge in [0, 0.05) is 49.6 Å². The number of aliphatic hydroxyl groups is 1. The number of nitrogens with zero attached hydrogens (tertiary/aromatic N) is 4. The van der Waals surface area contributed by atoms with Crippen molar-refractivity contribution < 1.29 is 23.1 Å². The molecule has 1 aromatic carbocycles. The normalized spacial score (nSPS) is 22.2. The number of sulfonamides is 1. The van der Waals surface area contributed by atoms with Crippen LogP contribution in [-0.4, -0.2) is 83.7 Å². The smallest absolute Gasteiger partial charge is 0.317 e. The first-order valence-electron chi connectivity index (χ1n) is 13.4. The van der Waals surface area contributed by atoms with Crippen LogP contribution >= 0.6 is 0 Å². The number of hydrogen-bond donors (Lipinski definition) is 2. The minimum Gasteiger partial charge on any atom is -0.487 e. The lowest BCUT2D eigenvalue weighted by atomic mass is 9.96. The van der Waals surface area contributed by atoms with Crippen molar-refractivity contribution in [2.75, 3.05) is 26.7 Å². The van der Waals surface area contributed by atoms with Gasteiger partial charge in [0.15, 0.2) is 0 Å². The number of carbonyl (C=O) groups is 1. The van der Waals surface area contributed by atoms with E-state index in [-0.39, 0.29) is 48.3 Å². The third-order valence-corrected chi connectivity index (χ3v) is 9.33. The number of rotatable bonds is 5. The molecule has 3 atom stereocenters. The predicted molar refractivity (Wildman–Crippen MR) is 147 cm³/mol. The van der Waals surface area contributed by atoms with Gasteiger partial charge in [-0.1, -0.05) is 38.0 Å². The largest absolute Gasteiger partial charge is 0.487 e. The molecule has 2 N–H and O–H groups in total. The number of urea groups is 1. The molecule has 1 aliphatic carbocycles. The number of aromatic nitrogens is 2. The van der Waals surface area contributed by atoms with Gasteiger partial charge in [0.05, 0.1) is 18.7 Å². The highest BCUT2D eigenvalue weighted by atomic mass is 32.2. The number of fused-ring (bicyclic) bond motifs is 1. The molecule has 1 saturated carbocycles. The van der Waals surface area contributed by atoms with Crippen LogP contribution in [0.5, 0.6) is 5.75 Å². The third kappa shape index (κ3) is 7.06. The molecule has 2 heterocycles. The molecule has 210 valence electrons. The zero-order valence-corrected chi connectivity index (χ0v) is 23.5. The van der Waals surface area contributed by atoms with Crippen LogP contribution in [0.2, 0.25) is 0 Å². The monoisotopic (exact) mass is 555 g/mol. The molecule has 39 heavy (non-hydrogen) atoms. The lowest BCUT2D eigenvalue weighted by molar-refractivity contribution is 0.0806. The summed E-state index contributed by atoms with van der Waals surface area (Å²) in [6.07, 6.45) is 9.49. The highest BCUT2D eigenvalue weighted by Gasteiger charge is 2.38. The molecule has 1 aromatic heterocycles. The van der Waals surface area contributed by atoms with Crippen molar-refractivity contribution in [1.29, 1.82) is 0 Å². The highest BCUT2D eigenvalue weighted by Crippen LogP contribution is 2.34. The number of nitrogens with one attached hydrogen (secondary N) is 1. The van der Waals surface area contributed by atoms with Crippen LogP contribution in [0.1, 0.15) is 57.1 Å². The molecule has 0 bridgehead atoms. The Morgan fingerprint density at radius 2 is 1.90 bits per heavy atom. The van der Waals surface area contributed by atoms with Crippen molar-refractivity contribution in [1.82, 2.24) is 24.5 Å². The number of carbonyl (C=O) groups excluding carboxylic acids is 1. The van der Waals surface area contributed by atoms with Crippen LogP contribution in [0, 0.1) is 17.8 Å². The van der Waals surface area contributed by atoms with Crippen LogP contribution in [0.3, 0.4) is 0 Å². The molecule has 0 saturated heterocycles. The van der Waals surface area contributed by atoms with E-state index in [2.05, 4.69) is 27.1 Å². The number of benzene rings is 1. The number of hydrogen-bond acceptors (Lipinski definition) is 7. The van der Waals surface area contributed by atoms with Crippen LogP contribution < -0.4 is 10.1 Å². The standard InChI is InChI=1S/C28H37N5O5S/c1-20-16-33(21(2)18-34)39(36,37)27-12-11-22(9-10-23-14-29-19-30-15-23)13-25(27)38-26(20)17-32(3)28(35)31-24-7-5-4-6-8-24/h11-15,19-21,24,26,34H,4-8,16-18H2,1-3H3,(H,31,35)/t20-,21+,26+/m1/s1. The van der Waals surface area contributed by atoms with Crippen molar-refractivity contribution >= 4 is 16.1 Å². The van der Waals surface area contributed by atoms with E-state index in [9.17, 15) is 18.3 Å². The van der Waals surface area contributed by atoms with Gasteiger partial charge >= 0.3 is 6.03 Å². The van der Waals surface area contributed by atoms with Gasteiger partial charge in [-0.05, 0) is 38.0 Å². The van der Waals surface area contributed by atoms with Gasteiger partial charge in [-0.3, -0.25) is 0 Å². The van der Waals surface area contributed by atoms with E-state index in [0.717, 1.165) is 25.7 Å². The van der Waals surface area contributed by atoms with E-state index in [0.29, 0.717) is 11.1 Å². The van der Waals surface area contributed by atoms with Crippen LogP contribution in [0.15, 0.2) is 41.8 Å². The minimum absolute atomic E-state index is 0.00241. The molecule has 0 radical (unpaired) electrons. The Balaban J connectivity index is 1.64. The van der Waals surface area contributed by atoms with Crippen molar-refractivity contribution in [2.24, 2.45) is 5.92 Å². The van der Waals surface area contributed by atoms with Gasteiger partial charge in [-0.2, -0.15) is 4.31 Å². The summed E-state index contributed by atoms with van der Waals surface area (Å²) >= 11 is 0. The molecule has 1 aliphatic heterocycles. The second kappa shape index (κ2) is 12.8. The average Bonchev–Trinajstić information content (AvgIpc) is 2.94. The van der Waals surface area contributed by atoms with Crippen LogP contribution in [-0.2, 0) is 10.0 Å². The number of likely N-dealkylation sites (N-methyl/N-ethyl adjacent to an activating group) is 1. The second-order valence-corrected chi connectivity index (χ2v) is 12.3. The van der Waals surface area contributed by atoms with Crippen molar-refractivity contribution in [3.05, 3.63) is 48.0 Å². The fourth-order valence-electron chi connectivity index (χ4n) is 4.91. The SMILES string of the molecule is C[C@@H]1CN([C@@H](C)CO)S(=O)(=O)c2ccc(C#Cc3cncnc3)cc2O[C@H]1CN(C)C(=O)NC1CCCCC1. The third-order valence-electron chi connectivity index (χ3n) is 7.31. The van der Waals surface area contributed by atoms with E-state index in [1.807, 2.05) is 6.92 Å². The van der Waals surface area contributed by atoms with Gasteiger partial charge in [-0.25, -0.2) is 23.2 Å². The molecular weight excluding hydrogens is 518 g/mol. The first-order chi connectivity index (χ1) is 18.7. The Hall–Kier alpha value is -3.20. The van der Waals surface area contributed by atoms with Crippen molar-refractivity contribution in [3.8, 4) is 17.6 Å². The summed E-state index contributed by atoms with van der Waals surface area (Å²) in [5.74, 6) is 5.88. The van der Waals surface area contributed by atoms with Gasteiger partial charge < -0.3 is 20.1 Å². The molecule has 2 amide bonds. The van der Waals surface area contributed by atoms with Crippen LogP contribution in [0.4, 0.5) is 4.79 Å². The quantitative estimate of drug-likeness (QED) is 0.544. The average molecular weight is 556 g/mol. The summed E-state index contributed by atoms with van der Waals surface area (Å²) < 4.78 is 35.0. The Labute approximate surface area is 230 Å². The summed E-state index contributed by atoms with van der Waals surface area (Å²) in [7, 11) is -2.25. The number of aliphatic hydroxyl groups excluding tert-OH is 1. The Morgan fingerprint density at radius 3 is 2.59 bits per heavy atom. The van der Waals surface area contributed by atoms with Gasteiger partial charge in [0.1, 0.15) is 23.1 Å². The fourth-order valence-corrected chi connectivity index (χ4v) is 6.74. The minimum atomic E-state index is -3.97. The maximum Gasteiger partial charge on any atom is 0.317 e. The van der Waals surface area contributed by atoms with E-state index in [1.54, 1.807) is 43.4 Å². The zero-order valence-electron chi connectivity index (χ0n) is 22.7. The van der Waals surface area contributed by atoms with E-state index in [4.69, 9.17) is 4.74 Å². The molecular formula is C28H37N5O5S. The lowest BCUT2D eigenvalue weighted by Crippen LogP contribution is -2.52. The summed E-state index contributed by atoms with van der Waals surface area (Å²) in [6.45, 7) is 3.65. The van der Waals surface area contributed by atoms with Crippen LogP contribution in [0.25, 0.3) is 0 Å². The molecule has 1 fully saturated rings. The molecule has 11 heteroatoms. The zero-order chi connectivity index (χ0) is 28.0. The van der Waals surface area contributed by atoms with E-state index < -0.39 is 22.2 Å². The topological polar surface area (TPSA) is 125 Å². The summed E-state index contributed by atoms with van der Waals surface area (Å²) in [5.41, 5.74) is 1.18. The maximum atomic E-state index is 13.7. The first-order valence-corrected chi connectivity index (χ1v) is 14.8. The number of ether oxygens (including phenoxy) is 1. The highest BCUT2D eigenvalue weighted by molar-refractivity contribution is 7.89. The molecule has 0 spiro atoms. The molecule has 0 unspecified atom stereocenters. The Bertz CT molecular complexity index is 1300. The van der Waals surface area contributed by atoms with Crippen molar-refractivity contribution in [2.45, 2.75) is 69.0 Å². The van der Waals surface area contributed by atoms with Gasteiger partial charge in [-0.15, -0.1) is 0 Å². The van der Waals surface area contributed by atoms with Crippen molar-refractivity contribution in [3.63, 3.8) is 0 Å². The fraction of sp³-hybridized carbons (Fsp3) is 0.536. The Kier molecular flexibility index (Phi) is 9.43.